The third-order valence-electron chi connectivity index (χ3n) is 3.39. The standard InChI is InChI=1S/C14H17NO3/c1-9(15-18-10(2)16)12-8-11(4-5-13(12)17)14(3)6-7-14/h4-5,8,17H,6-7H2,1-3H3/b15-9+. The number of hydrogen-bond donors (Lipinski definition) is 1. The van der Waals surface area contributed by atoms with Crippen molar-refractivity contribution >= 4 is 11.7 Å². The first kappa shape index (κ1) is 12.6. The number of rotatable bonds is 3. The largest absolute Gasteiger partial charge is 0.507 e. The van der Waals surface area contributed by atoms with Crippen LogP contribution in [0.4, 0.5) is 0 Å². The van der Waals surface area contributed by atoms with Gasteiger partial charge in [0.05, 0.1) is 5.71 Å². The van der Waals surface area contributed by atoms with E-state index in [1.807, 2.05) is 12.1 Å². The van der Waals surface area contributed by atoms with Crippen molar-refractivity contribution in [3.8, 4) is 5.75 Å². The molecule has 0 radical (unpaired) electrons. The van der Waals surface area contributed by atoms with E-state index in [0.29, 0.717) is 11.3 Å². The lowest BCUT2D eigenvalue weighted by Gasteiger charge is -2.12. The lowest BCUT2D eigenvalue weighted by atomic mass is 9.95. The Morgan fingerprint density at radius 3 is 2.61 bits per heavy atom. The van der Waals surface area contributed by atoms with Crippen LogP contribution in [0.25, 0.3) is 0 Å². The Labute approximate surface area is 106 Å². The van der Waals surface area contributed by atoms with E-state index in [1.54, 1.807) is 13.0 Å². The van der Waals surface area contributed by atoms with Crippen LogP contribution in [0.15, 0.2) is 23.4 Å². The van der Waals surface area contributed by atoms with Crippen molar-refractivity contribution < 1.29 is 14.7 Å². The second-order valence-corrected chi connectivity index (χ2v) is 5.05. The highest BCUT2D eigenvalue weighted by molar-refractivity contribution is 6.01. The Morgan fingerprint density at radius 1 is 1.39 bits per heavy atom. The van der Waals surface area contributed by atoms with Crippen LogP contribution in [0.1, 0.15) is 44.7 Å². The van der Waals surface area contributed by atoms with E-state index in [1.165, 1.54) is 12.5 Å². The van der Waals surface area contributed by atoms with Gasteiger partial charge in [0.25, 0.3) is 0 Å². The van der Waals surface area contributed by atoms with Gasteiger partial charge in [0.15, 0.2) is 0 Å². The number of carbonyl (C=O) groups is 1. The smallest absolute Gasteiger partial charge is 0.331 e. The highest BCUT2D eigenvalue weighted by Crippen LogP contribution is 2.48. The van der Waals surface area contributed by atoms with Crippen LogP contribution in [-0.4, -0.2) is 16.8 Å². The molecule has 0 spiro atoms. The van der Waals surface area contributed by atoms with E-state index in [4.69, 9.17) is 0 Å². The van der Waals surface area contributed by atoms with Crippen molar-refractivity contribution in [2.24, 2.45) is 5.16 Å². The maximum absolute atomic E-state index is 10.7. The van der Waals surface area contributed by atoms with Gasteiger partial charge >= 0.3 is 5.97 Å². The number of oxime groups is 1. The van der Waals surface area contributed by atoms with Crippen LogP contribution >= 0.6 is 0 Å². The number of benzene rings is 1. The number of phenols is 1. The molecule has 2 rings (SSSR count). The minimum Gasteiger partial charge on any atom is -0.507 e. The molecule has 18 heavy (non-hydrogen) atoms. The third-order valence-corrected chi connectivity index (χ3v) is 3.39. The quantitative estimate of drug-likeness (QED) is 0.507. The summed E-state index contributed by atoms with van der Waals surface area (Å²) in [7, 11) is 0. The SMILES string of the molecule is CC(=O)O/N=C(\C)c1cc(C2(C)CC2)ccc1O. The molecule has 96 valence electrons. The summed E-state index contributed by atoms with van der Waals surface area (Å²) in [6.07, 6.45) is 2.33. The Hall–Kier alpha value is -1.84. The molecule has 1 N–H and O–H groups in total. The van der Waals surface area contributed by atoms with Crippen molar-refractivity contribution in [3.63, 3.8) is 0 Å². The number of hydrogen-bond acceptors (Lipinski definition) is 4. The molecule has 1 aromatic rings. The van der Waals surface area contributed by atoms with Gasteiger partial charge in [-0.3, -0.25) is 0 Å². The van der Waals surface area contributed by atoms with Crippen LogP contribution in [0.3, 0.4) is 0 Å². The Balaban J connectivity index is 2.31. The molecule has 0 amide bonds. The maximum atomic E-state index is 10.7. The fourth-order valence-electron chi connectivity index (χ4n) is 1.86. The minimum atomic E-state index is -0.473. The number of nitrogens with zero attached hydrogens (tertiary/aromatic N) is 1. The Bertz CT molecular complexity index is 516. The molecule has 4 heteroatoms. The van der Waals surface area contributed by atoms with E-state index in [-0.39, 0.29) is 11.2 Å². The highest BCUT2D eigenvalue weighted by atomic mass is 16.7. The first-order valence-corrected chi connectivity index (χ1v) is 5.98. The second kappa shape index (κ2) is 4.44. The van der Waals surface area contributed by atoms with Crippen LogP contribution in [-0.2, 0) is 15.0 Å². The second-order valence-electron chi connectivity index (χ2n) is 5.05. The molecule has 0 aliphatic heterocycles. The predicted octanol–water partition coefficient (Wildman–Crippen LogP) is 2.73. The van der Waals surface area contributed by atoms with Gasteiger partial charge in [-0.15, -0.1) is 0 Å². The summed E-state index contributed by atoms with van der Waals surface area (Å²) in [6.45, 7) is 5.19. The zero-order valence-electron chi connectivity index (χ0n) is 10.9. The van der Waals surface area contributed by atoms with Crippen molar-refractivity contribution in [2.75, 3.05) is 0 Å². The van der Waals surface area contributed by atoms with Gasteiger partial charge in [-0.25, -0.2) is 4.79 Å². The van der Waals surface area contributed by atoms with Gasteiger partial charge < -0.3 is 9.94 Å². The molecule has 0 bridgehead atoms. The Kier molecular flexibility index (Phi) is 3.11. The van der Waals surface area contributed by atoms with Crippen molar-refractivity contribution in [3.05, 3.63) is 29.3 Å². The fraction of sp³-hybridized carbons (Fsp3) is 0.429. The summed E-state index contributed by atoms with van der Waals surface area (Å²) in [6, 6.07) is 5.52. The topological polar surface area (TPSA) is 58.9 Å². The summed E-state index contributed by atoms with van der Waals surface area (Å²) in [5.74, 6) is -0.324. The van der Waals surface area contributed by atoms with Crippen LogP contribution < -0.4 is 0 Å². The highest BCUT2D eigenvalue weighted by Gasteiger charge is 2.39. The van der Waals surface area contributed by atoms with Crippen molar-refractivity contribution in [1.82, 2.24) is 0 Å². The van der Waals surface area contributed by atoms with Gasteiger partial charge in [-0.2, -0.15) is 0 Å². The molecular weight excluding hydrogens is 230 g/mol. The first-order valence-electron chi connectivity index (χ1n) is 5.98. The number of carbonyl (C=O) groups excluding carboxylic acids is 1. The molecule has 1 aliphatic carbocycles. The van der Waals surface area contributed by atoms with E-state index in [9.17, 15) is 9.90 Å². The molecule has 1 fully saturated rings. The zero-order chi connectivity index (χ0) is 13.3. The lowest BCUT2D eigenvalue weighted by Crippen LogP contribution is -2.04. The normalized spacial score (nSPS) is 17.4. The first-order chi connectivity index (χ1) is 8.42. The molecule has 1 aliphatic rings. The summed E-state index contributed by atoms with van der Waals surface area (Å²) in [4.78, 5) is 15.3. The number of phenolic OH excluding ortho intramolecular Hbond substituents is 1. The van der Waals surface area contributed by atoms with E-state index in [2.05, 4.69) is 16.9 Å². The van der Waals surface area contributed by atoms with Crippen LogP contribution in [0.5, 0.6) is 5.75 Å². The molecule has 1 saturated carbocycles. The van der Waals surface area contributed by atoms with Crippen molar-refractivity contribution in [2.45, 2.75) is 39.0 Å². The fourth-order valence-corrected chi connectivity index (χ4v) is 1.86. The van der Waals surface area contributed by atoms with Crippen molar-refractivity contribution in [1.29, 1.82) is 0 Å². The van der Waals surface area contributed by atoms with E-state index < -0.39 is 5.97 Å². The van der Waals surface area contributed by atoms with Gasteiger partial charge in [-0.1, -0.05) is 18.1 Å². The molecule has 0 aromatic heterocycles. The molecule has 0 saturated heterocycles. The van der Waals surface area contributed by atoms with Crippen LogP contribution in [0.2, 0.25) is 0 Å². The lowest BCUT2D eigenvalue weighted by molar-refractivity contribution is -0.140. The average Bonchev–Trinajstić information content (AvgIpc) is 3.06. The monoisotopic (exact) mass is 247 g/mol. The number of aromatic hydroxyl groups is 1. The summed E-state index contributed by atoms with van der Waals surface area (Å²) >= 11 is 0. The van der Waals surface area contributed by atoms with Gasteiger partial charge in [-0.05, 0) is 42.9 Å². The molecule has 0 atom stereocenters. The minimum absolute atomic E-state index is 0.149. The Morgan fingerprint density at radius 2 is 2.06 bits per heavy atom. The molecular formula is C14H17NO3. The van der Waals surface area contributed by atoms with E-state index in [0.717, 1.165) is 12.8 Å². The summed E-state index contributed by atoms with van der Waals surface area (Å²) in [5, 5.41) is 13.5. The average molecular weight is 247 g/mol. The van der Waals surface area contributed by atoms with E-state index >= 15 is 0 Å². The van der Waals surface area contributed by atoms with Gasteiger partial charge in [0, 0.05) is 12.5 Å². The van der Waals surface area contributed by atoms with Gasteiger partial charge in [0.1, 0.15) is 5.75 Å². The zero-order valence-corrected chi connectivity index (χ0v) is 10.9. The summed E-state index contributed by atoms with van der Waals surface area (Å²) < 4.78 is 0. The van der Waals surface area contributed by atoms with Crippen LogP contribution in [0, 0.1) is 0 Å². The molecule has 0 unspecified atom stereocenters. The predicted molar refractivity (Wildman–Crippen MR) is 68.7 cm³/mol. The molecule has 1 aromatic carbocycles. The third kappa shape index (κ3) is 2.53. The molecule has 4 nitrogen and oxygen atoms in total. The maximum Gasteiger partial charge on any atom is 0.331 e. The molecule has 0 heterocycles. The summed E-state index contributed by atoms with van der Waals surface area (Å²) in [5.41, 5.74) is 2.52. The van der Waals surface area contributed by atoms with Gasteiger partial charge in [0.2, 0.25) is 0 Å².